The van der Waals surface area contributed by atoms with Crippen molar-refractivity contribution < 1.29 is 0 Å². The summed E-state index contributed by atoms with van der Waals surface area (Å²) in [5.41, 5.74) is 2.63. The van der Waals surface area contributed by atoms with Crippen molar-refractivity contribution in [3.8, 4) is 0 Å². The molecule has 2 heterocycles. The first-order valence-electron chi connectivity index (χ1n) is 4.09. The topological polar surface area (TPSA) is 24.9 Å². The van der Waals surface area contributed by atoms with Crippen LogP contribution in [-0.2, 0) is 0 Å². The van der Waals surface area contributed by atoms with E-state index in [9.17, 15) is 0 Å². The Kier molecular flexibility index (Phi) is 1.57. The van der Waals surface area contributed by atoms with Gasteiger partial charge in [-0.3, -0.25) is 4.98 Å². The maximum absolute atomic E-state index is 4.06. The van der Waals surface area contributed by atoms with Gasteiger partial charge in [0.05, 0.1) is 0 Å². The molecule has 1 N–H and O–H groups in total. The number of fused-ring (bicyclic) bond motifs is 1. The molecule has 0 saturated heterocycles. The summed E-state index contributed by atoms with van der Waals surface area (Å²) in [6, 6.07) is 2.10. The second kappa shape index (κ2) is 2.57. The van der Waals surface area contributed by atoms with Gasteiger partial charge in [0.25, 0.3) is 0 Å². The van der Waals surface area contributed by atoms with Gasteiger partial charge in [0.2, 0.25) is 0 Å². The van der Waals surface area contributed by atoms with Gasteiger partial charge in [-0.25, -0.2) is 0 Å². The molecule has 1 aliphatic heterocycles. The molecule has 56 valence electrons. The Labute approximate surface area is 67.3 Å². The number of nitrogens with zero attached hydrogens (tertiary/aromatic N) is 1. The van der Waals surface area contributed by atoms with Gasteiger partial charge in [-0.05, 0) is 12.5 Å². The Morgan fingerprint density at radius 1 is 1.73 bits per heavy atom. The SMILES string of the molecule is CCC1Bc2ccncc2N1. The standard InChI is InChI=1S/C8H11BN2/c1-2-8-9-6-3-4-10-5-7(6)11-8/h3-5,8-9,11H,2H2,1H3. The first kappa shape index (κ1) is 6.71. The first-order valence-corrected chi connectivity index (χ1v) is 4.09. The number of rotatable bonds is 1. The van der Waals surface area contributed by atoms with Crippen molar-refractivity contribution in [2.75, 3.05) is 5.32 Å². The molecule has 0 aromatic carbocycles. The quantitative estimate of drug-likeness (QED) is 0.576. The van der Waals surface area contributed by atoms with Crippen LogP contribution in [0.1, 0.15) is 13.3 Å². The lowest BCUT2D eigenvalue weighted by Gasteiger charge is -2.05. The van der Waals surface area contributed by atoms with E-state index in [1.54, 1.807) is 0 Å². The maximum atomic E-state index is 4.06. The largest absolute Gasteiger partial charge is 0.389 e. The number of aromatic nitrogens is 1. The molecule has 0 aliphatic carbocycles. The predicted molar refractivity (Wildman–Crippen MR) is 48.7 cm³/mol. The van der Waals surface area contributed by atoms with E-state index in [0.717, 1.165) is 7.28 Å². The molecule has 1 aliphatic rings. The van der Waals surface area contributed by atoms with Crippen LogP contribution in [-0.4, -0.2) is 18.2 Å². The minimum Gasteiger partial charge on any atom is -0.389 e. The minimum atomic E-state index is 0.634. The fourth-order valence-corrected chi connectivity index (χ4v) is 1.51. The normalized spacial score (nSPS) is 20.3. The summed E-state index contributed by atoms with van der Waals surface area (Å²) in [6.07, 6.45) is 4.96. The van der Waals surface area contributed by atoms with Gasteiger partial charge in [0.15, 0.2) is 7.28 Å². The maximum Gasteiger partial charge on any atom is 0.187 e. The molecular formula is C8H11BN2. The van der Waals surface area contributed by atoms with Crippen molar-refractivity contribution in [3.05, 3.63) is 18.5 Å². The Morgan fingerprint density at radius 3 is 3.36 bits per heavy atom. The smallest absolute Gasteiger partial charge is 0.187 e. The van der Waals surface area contributed by atoms with E-state index in [2.05, 4.69) is 23.3 Å². The first-order chi connectivity index (χ1) is 5.40. The van der Waals surface area contributed by atoms with Crippen molar-refractivity contribution in [2.45, 2.75) is 19.3 Å². The zero-order valence-corrected chi connectivity index (χ0v) is 6.67. The van der Waals surface area contributed by atoms with Crippen LogP contribution in [0.25, 0.3) is 0 Å². The van der Waals surface area contributed by atoms with Gasteiger partial charge in [0, 0.05) is 24.0 Å². The van der Waals surface area contributed by atoms with Crippen LogP contribution in [0.5, 0.6) is 0 Å². The number of nitrogens with one attached hydrogen (secondary N) is 1. The molecule has 1 unspecified atom stereocenters. The van der Waals surface area contributed by atoms with Crippen LogP contribution in [0.4, 0.5) is 5.69 Å². The molecule has 0 amide bonds. The Morgan fingerprint density at radius 2 is 2.64 bits per heavy atom. The number of hydrogen-bond donors (Lipinski definition) is 1. The fraction of sp³-hybridized carbons (Fsp3) is 0.375. The van der Waals surface area contributed by atoms with Crippen LogP contribution in [0, 0.1) is 0 Å². The van der Waals surface area contributed by atoms with Gasteiger partial charge < -0.3 is 5.32 Å². The summed E-state index contributed by atoms with van der Waals surface area (Å²) in [4.78, 5) is 4.06. The van der Waals surface area contributed by atoms with E-state index in [0.29, 0.717) is 5.94 Å². The van der Waals surface area contributed by atoms with Crippen molar-refractivity contribution in [1.29, 1.82) is 0 Å². The molecule has 0 spiro atoms. The monoisotopic (exact) mass is 146 g/mol. The minimum absolute atomic E-state index is 0.634. The Hall–Kier alpha value is -0.985. The molecule has 2 rings (SSSR count). The second-order valence-electron chi connectivity index (χ2n) is 2.99. The zero-order chi connectivity index (χ0) is 7.68. The molecule has 0 saturated carbocycles. The third kappa shape index (κ3) is 1.11. The zero-order valence-electron chi connectivity index (χ0n) is 6.67. The summed E-state index contributed by atoms with van der Waals surface area (Å²) >= 11 is 0. The molecular weight excluding hydrogens is 135 g/mol. The van der Waals surface area contributed by atoms with E-state index >= 15 is 0 Å². The third-order valence-electron chi connectivity index (χ3n) is 2.23. The molecule has 2 nitrogen and oxygen atoms in total. The van der Waals surface area contributed by atoms with Gasteiger partial charge in [0.1, 0.15) is 0 Å². The number of anilines is 1. The van der Waals surface area contributed by atoms with Crippen LogP contribution in [0.3, 0.4) is 0 Å². The summed E-state index contributed by atoms with van der Waals surface area (Å²) in [6.45, 7) is 2.21. The highest BCUT2D eigenvalue weighted by molar-refractivity contribution is 6.60. The Bertz CT molecular complexity index is 237. The van der Waals surface area contributed by atoms with E-state index in [1.807, 2.05) is 12.4 Å². The highest BCUT2D eigenvalue weighted by Gasteiger charge is 2.19. The second-order valence-corrected chi connectivity index (χ2v) is 2.99. The Balaban J connectivity index is 2.27. The molecule has 1 aromatic rings. The molecule has 1 atom stereocenters. The van der Waals surface area contributed by atoms with Crippen LogP contribution < -0.4 is 10.8 Å². The fourth-order valence-electron chi connectivity index (χ4n) is 1.51. The van der Waals surface area contributed by atoms with Gasteiger partial charge in [-0.15, -0.1) is 0 Å². The van der Waals surface area contributed by atoms with Crippen molar-refractivity contribution in [3.63, 3.8) is 0 Å². The van der Waals surface area contributed by atoms with E-state index in [-0.39, 0.29) is 0 Å². The lowest BCUT2D eigenvalue weighted by Crippen LogP contribution is -2.22. The van der Waals surface area contributed by atoms with Gasteiger partial charge in [-0.1, -0.05) is 12.4 Å². The lowest BCUT2D eigenvalue weighted by atomic mass is 9.65. The summed E-state index contributed by atoms with van der Waals surface area (Å²) in [7, 11) is 1.16. The molecule has 3 heteroatoms. The van der Waals surface area contributed by atoms with Crippen molar-refractivity contribution in [2.24, 2.45) is 0 Å². The van der Waals surface area contributed by atoms with Crippen LogP contribution in [0.2, 0.25) is 0 Å². The highest BCUT2D eigenvalue weighted by Crippen LogP contribution is 2.11. The molecule has 11 heavy (non-hydrogen) atoms. The summed E-state index contributed by atoms with van der Waals surface area (Å²) < 4.78 is 0. The lowest BCUT2D eigenvalue weighted by molar-refractivity contribution is 0.911. The molecule has 1 aromatic heterocycles. The molecule has 0 radical (unpaired) electrons. The van der Waals surface area contributed by atoms with Crippen LogP contribution >= 0.6 is 0 Å². The van der Waals surface area contributed by atoms with E-state index in [1.165, 1.54) is 17.6 Å². The molecule has 0 bridgehead atoms. The van der Waals surface area contributed by atoms with Crippen LogP contribution in [0.15, 0.2) is 18.5 Å². The van der Waals surface area contributed by atoms with Crippen molar-refractivity contribution in [1.82, 2.24) is 4.98 Å². The third-order valence-corrected chi connectivity index (χ3v) is 2.23. The highest BCUT2D eigenvalue weighted by atomic mass is 14.9. The van der Waals surface area contributed by atoms with Crippen molar-refractivity contribution >= 4 is 18.4 Å². The number of hydrogen-bond acceptors (Lipinski definition) is 2. The average molecular weight is 146 g/mol. The van der Waals surface area contributed by atoms with E-state index < -0.39 is 0 Å². The molecule has 0 fully saturated rings. The van der Waals surface area contributed by atoms with E-state index in [4.69, 9.17) is 0 Å². The summed E-state index contributed by atoms with van der Waals surface area (Å²) in [5, 5.41) is 3.42. The van der Waals surface area contributed by atoms with Gasteiger partial charge in [-0.2, -0.15) is 0 Å². The number of pyridine rings is 1. The predicted octanol–water partition coefficient (Wildman–Crippen LogP) is 0.305. The average Bonchev–Trinajstić information content (AvgIpc) is 2.46. The van der Waals surface area contributed by atoms with Gasteiger partial charge >= 0.3 is 0 Å². The summed E-state index contributed by atoms with van der Waals surface area (Å²) in [5.74, 6) is 0.634.